The summed E-state index contributed by atoms with van der Waals surface area (Å²) in [7, 11) is 0. The second-order valence-corrected chi connectivity index (χ2v) is 6.10. The first-order valence-electron chi connectivity index (χ1n) is 7.87. The van der Waals surface area contributed by atoms with Crippen molar-refractivity contribution in [1.29, 1.82) is 0 Å². The highest BCUT2D eigenvalue weighted by Crippen LogP contribution is 2.14. The molecule has 5 nitrogen and oxygen atoms in total. The molecule has 2 aromatic rings. The lowest BCUT2D eigenvalue weighted by molar-refractivity contribution is -0.132. The van der Waals surface area contributed by atoms with Gasteiger partial charge in [0.25, 0.3) is 0 Å². The van der Waals surface area contributed by atoms with Gasteiger partial charge in [-0.1, -0.05) is 30.3 Å². The van der Waals surface area contributed by atoms with Gasteiger partial charge in [0, 0.05) is 19.6 Å². The Morgan fingerprint density at radius 1 is 1.13 bits per heavy atom. The van der Waals surface area contributed by atoms with Gasteiger partial charge >= 0.3 is 0 Å². The Morgan fingerprint density at radius 3 is 2.61 bits per heavy atom. The number of hydrogen-bond acceptors (Lipinski definition) is 4. The van der Waals surface area contributed by atoms with Crippen molar-refractivity contribution >= 4 is 5.91 Å². The topological polar surface area (TPSA) is 56.9 Å². The van der Waals surface area contributed by atoms with Crippen LogP contribution in [0.4, 0.5) is 0 Å². The van der Waals surface area contributed by atoms with E-state index >= 15 is 0 Å². The highest BCUT2D eigenvalue weighted by Gasteiger charge is 2.27. The summed E-state index contributed by atoms with van der Waals surface area (Å²) in [6, 6.07) is 13.7. The number of carbonyl (C=O) groups is 1. The third-order valence-electron chi connectivity index (χ3n) is 4.00. The maximum Gasteiger partial charge on any atom is 0.237 e. The number of benzene rings is 1. The third-order valence-corrected chi connectivity index (χ3v) is 4.00. The molecule has 1 aromatic carbocycles. The molecule has 0 bridgehead atoms. The Balaban J connectivity index is 1.66. The maximum absolute atomic E-state index is 12.5. The third kappa shape index (κ3) is 4.21. The molecule has 23 heavy (non-hydrogen) atoms. The summed E-state index contributed by atoms with van der Waals surface area (Å²) in [5, 5.41) is 10.2. The van der Waals surface area contributed by atoms with Crippen molar-refractivity contribution in [2.24, 2.45) is 0 Å². The Kier molecular flexibility index (Phi) is 4.79. The van der Waals surface area contributed by atoms with E-state index in [9.17, 15) is 9.90 Å². The number of nitrogens with zero attached hydrogens (tertiary/aromatic N) is 2. The molecule has 0 saturated carbocycles. The first kappa shape index (κ1) is 15.8. The van der Waals surface area contributed by atoms with Crippen LogP contribution >= 0.6 is 0 Å². The van der Waals surface area contributed by atoms with Crippen molar-refractivity contribution in [2.75, 3.05) is 19.6 Å². The summed E-state index contributed by atoms with van der Waals surface area (Å²) in [6.45, 7) is 4.09. The second kappa shape index (κ2) is 6.98. The lowest BCUT2D eigenvalue weighted by Crippen LogP contribution is -2.36. The van der Waals surface area contributed by atoms with E-state index in [-0.39, 0.29) is 5.91 Å². The average Bonchev–Trinajstić information content (AvgIpc) is 2.86. The predicted molar refractivity (Wildman–Crippen MR) is 86.6 cm³/mol. The fourth-order valence-corrected chi connectivity index (χ4v) is 2.94. The van der Waals surface area contributed by atoms with Crippen molar-refractivity contribution in [3.05, 3.63) is 59.5 Å². The van der Waals surface area contributed by atoms with Crippen LogP contribution in [-0.2, 0) is 17.9 Å². The van der Waals surface area contributed by atoms with Gasteiger partial charge in [-0.2, -0.15) is 0 Å². The summed E-state index contributed by atoms with van der Waals surface area (Å²) in [6.07, 6.45) is -0.554. The molecule has 1 fully saturated rings. The van der Waals surface area contributed by atoms with E-state index in [1.165, 1.54) is 0 Å². The van der Waals surface area contributed by atoms with Crippen molar-refractivity contribution in [1.82, 2.24) is 9.80 Å². The molecule has 122 valence electrons. The Bertz CT molecular complexity index is 653. The Hall–Kier alpha value is -2.11. The summed E-state index contributed by atoms with van der Waals surface area (Å²) in [5.41, 5.74) is 1.07. The van der Waals surface area contributed by atoms with Gasteiger partial charge in [-0.3, -0.25) is 9.69 Å². The van der Waals surface area contributed by atoms with E-state index in [0.29, 0.717) is 32.7 Å². The van der Waals surface area contributed by atoms with Crippen molar-refractivity contribution in [3.8, 4) is 0 Å². The molecular weight excluding hydrogens is 292 g/mol. The standard InChI is InChI=1S/C18H22N2O3/c1-14-7-8-17(23-14)12-19-10-16(21)11-20(18(22)13-19)9-15-5-3-2-4-6-15/h2-8,16,21H,9-13H2,1H3. The van der Waals surface area contributed by atoms with E-state index in [2.05, 4.69) is 0 Å². The zero-order chi connectivity index (χ0) is 16.2. The van der Waals surface area contributed by atoms with Crippen LogP contribution in [0.25, 0.3) is 0 Å². The number of aliphatic hydroxyl groups is 1. The molecular formula is C18H22N2O3. The molecule has 0 aliphatic carbocycles. The van der Waals surface area contributed by atoms with E-state index in [1.807, 2.05) is 54.3 Å². The molecule has 1 saturated heterocycles. The number of amides is 1. The fourth-order valence-electron chi connectivity index (χ4n) is 2.94. The smallest absolute Gasteiger partial charge is 0.237 e. The van der Waals surface area contributed by atoms with E-state index in [0.717, 1.165) is 17.1 Å². The summed E-state index contributed by atoms with van der Waals surface area (Å²) in [5.74, 6) is 1.71. The highest BCUT2D eigenvalue weighted by molar-refractivity contribution is 5.78. The first-order chi connectivity index (χ1) is 11.1. The molecule has 0 radical (unpaired) electrons. The van der Waals surface area contributed by atoms with E-state index in [1.54, 1.807) is 4.90 Å². The van der Waals surface area contributed by atoms with Crippen LogP contribution in [0.5, 0.6) is 0 Å². The van der Waals surface area contributed by atoms with Crippen LogP contribution in [0.2, 0.25) is 0 Å². The largest absolute Gasteiger partial charge is 0.465 e. The number of rotatable bonds is 4. The minimum atomic E-state index is -0.554. The van der Waals surface area contributed by atoms with Gasteiger partial charge in [0.15, 0.2) is 0 Å². The van der Waals surface area contributed by atoms with Gasteiger partial charge in [0.1, 0.15) is 11.5 Å². The number of β-amino-alcohol motifs (C(OH)–C–C–N with tert-alkyl or cyclic N) is 1. The normalized spacial score (nSPS) is 19.8. The molecule has 2 heterocycles. The second-order valence-electron chi connectivity index (χ2n) is 6.10. The van der Waals surface area contributed by atoms with Crippen LogP contribution < -0.4 is 0 Å². The quantitative estimate of drug-likeness (QED) is 0.935. The fraction of sp³-hybridized carbons (Fsp3) is 0.389. The number of furan rings is 1. The zero-order valence-electron chi connectivity index (χ0n) is 13.3. The minimum Gasteiger partial charge on any atom is -0.465 e. The number of aryl methyl sites for hydroxylation is 1. The molecule has 5 heteroatoms. The molecule has 1 aromatic heterocycles. The molecule has 1 N–H and O–H groups in total. The van der Waals surface area contributed by atoms with Crippen LogP contribution in [-0.4, -0.2) is 46.6 Å². The van der Waals surface area contributed by atoms with Gasteiger partial charge in [0.2, 0.25) is 5.91 Å². The molecule has 1 atom stereocenters. The minimum absolute atomic E-state index is 0.0358. The first-order valence-corrected chi connectivity index (χ1v) is 7.87. The zero-order valence-corrected chi connectivity index (χ0v) is 13.3. The summed E-state index contributed by atoms with van der Waals surface area (Å²) < 4.78 is 5.57. The van der Waals surface area contributed by atoms with Crippen molar-refractivity contribution < 1.29 is 14.3 Å². The average molecular weight is 314 g/mol. The van der Waals surface area contributed by atoms with Gasteiger partial charge in [-0.15, -0.1) is 0 Å². The highest BCUT2D eigenvalue weighted by atomic mass is 16.3. The lowest BCUT2D eigenvalue weighted by Gasteiger charge is -2.22. The predicted octanol–water partition coefficient (Wildman–Crippen LogP) is 1.79. The van der Waals surface area contributed by atoms with Gasteiger partial charge < -0.3 is 14.4 Å². The number of aliphatic hydroxyl groups excluding tert-OH is 1. The maximum atomic E-state index is 12.5. The summed E-state index contributed by atoms with van der Waals surface area (Å²) in [4.78, 5) is 16.2. The molecule has 1 amide bonds. The van der Waals surface area contributed by atoms with Gasteiger partial charge in [0.05, 0.1) is 19.2 Å². The molecule has 3 rings (SSSR count). The monoisotopic (exact) mass is 314 g/mol. The van der Waals surface area contributed by atoms with E-state index in [4.69, 9.17) is 4.42 Å². The number of carbonyl (C=O) groups excluding carboxylic acids is 1. The molecule has 0 spiro atoms. The number of hydrogen-bond donors (Lipinski definition) is 1. The Labute approximate surface area is 136 Å². The van der Waals surface area contributed by atoms with Gasteiger partial charge in [-0.05, 0) is 24.6 Å². The van der Waals surface area contributed by atoms with Crippen LogP contribution in [0, 0.1) is 6.92 Å². The van der Waals surface area contributed by atoms with Crippen LogP contribution in [0.3, 0.4) is 0 Å². The Morgan fingerprint density at radius 2 is 1.91 bits per heavy atom. The molecule has 1 aliphatic rings. The van der Waals surface area contributed by atoms with E-state index < -0.39 is 6.10 Å². The lowest BCUT2D eigenvalue weighted by atomic mass is 10.2. The summed E-state index contributed by atoms with van der Waals surface area (Å²) >= 11 is 0. The van der Waals surface area contributed by atoms with Crippen molar-refractivity contribution in [2.45, 2.75) is 26.1 Å². The van der Waals surface area contributed by atoms with Crippen LogP contribution in [0.15, 0.2) is 46.9 Å². The van der Waals surface area contributed by atoms with Crippen LogP contribution in [0.1, 0.15) is 17.1 Å². The van der Waals surface area contributed by atoms with Gasteiger partial charge in [-0.25, -0.2) is 0 Å². The molecule has 1 unspecified atom stereocenters. The molecule has 1 aliphatic heterocycles. The van der Waals surface area contributed by atoms with Crippen molar-refractivity contribution in [3.63, 3.8) is 0 Å². The SMILES string of the molecule is Cc1ccc(CN2CC(=O)N(Cc3ccccc3)CC(O)C2)o1.